The number of benzene rings is 2. The molecule has 7 rings (SSSR count). The highest BCUT2D eigenvalue weighted by Gasteiger charge is 2.46. The molecule has 4 heterocycles. The van der Waals surface area contributed by atoms with Crippen molar-refractivity contribution in [2.45, 2.75) is 76.9 Å². The lowest BCUT2D eigenvalue weighted by Crippen LogP contribution is -2.54. The zero-order valence-corrected chi connectivity index (χ0v) is 25.0. The van der Waals surface area contributed by atoms with E-state index in [0.29, 0.717) is 13.1 Å². The van der Waals surface area contributed by atoms with E-state index in [4.69, 9.17) is 0 Å². The van der Waals surface area contributed by atoms with Gasteiger partial charge in [0.2, 0.25) is 11.8 Å². The number of nitrogens with zero attached hydrogens (tertiary/aromatic N) is 3. The predicted molar refractivity (Wildman–Crippen MR) is 160 cm³/mol. The highest BCUT2D eigenvalue weighted by Crippen LogP contribution is 2.45. The Morgan fingerprint density at radius 3 is 2.20 bits per heavy atom. The van der Waals surface area contributed by atoms with Crippen LogP contribution in [0.4, 0.5) is 14.5 Å². The molecule has 4 aliphatic heterocycles. The van der Waals surface area contributed by atoms with Gasteiger partial charge in [-0.25, -0.2) is 8.78 Å². The van der Waals surface area contributed by atoms with Crippen molar-refractivity contribution in [3.8, 4) is 0 Å². The smallest absolute Gasteiger partial charge is 0.262 e. The second kappa shape index (κ2) is 10.6. The fourth-order valence-corrected chi connectivity index (χ4v) is 7.85. The lowest BCUT2D eigenvalue weighted by molar-refractivity contribution is -0.136. The summed E-state index contributed by atoms with van der Waals surface area (Å²) in [5.74, 6) is -3.30. The molecule has 0 spiro atoms. The Labute approximate surface area is 255 Å². The van der Waals surface area contributed by atoms with Crippen LogP contribution in [0.5, 0.6) is 0 Å². The van der Waals surface area contributed by atoms with Crippen LogP contribution in [0.15, 0.2) is 42.0 Å². The third kappa shape index (κ3) is 4.93. The second-order valence-electron chi connectivity index (χ2n) is 13.7. The molecular weight excluding hydrogens is 566 g/mol. The maximum Gasteiger partial charge on any atom is 0.262 e. The molecule has 3 saturated heterocycles. The van der Waals surface area contributed by atoms with E-state index in [0.717, 1.165) is 55.2 Å². The molecule has 5 aliphatic rings. The number of hydrogen-bond acceptors (Lipinski definition) is 6. The van der Waals surface area contributed by atoms with Gasteiger partial charge in [-0.15, -0.1) is 0 Å². The van der Waals surface area contributed by atoms with Gasteiger partial charge in [-0.05, 0) is 79.3 Å². The van der Waals surface area contributed by atoms with Gasteiger partial charge in [-0.2, -0.15) is 0 Å². The van der Waals surface area contributed by atoms with Crippen LogP contribution < -0.4 is 10.2 Å². The Hall–Kier alpha value is -3.92. The largest absolute Gasteiger partial charge is 0.366 e. The van der Waals surface area contributed by atoms with Crippen molar-refractivity contribution in [3.63, 3.8) is 0 Å². The van der Waals surface area contributed by atoms with Crippen LogP contribution in [-0.4, -0.2) is 71.2 Å². The molecule has 230 valence electrons. The number of carbonyl (C=O) groups is 4. The van der Waals surface area contributed by atoms with Crippen LogP contribution in [0.2, 0.25) is 0 Å². The fraction of sp³-hybridized carbons (Fsp3) is 0.471. The summed E-state index contributed by atoms with van der Waals surface area (Å²) in [6.07, 6.45) is 5.05. The van der Waals surface area contributed by atoms with E-state index in [1.165, 1.54) is 29.3 Å². The van der Waals surface area contributed by atoms with Gasteiger partial charge in [-0.3, -0.25) is 34.3 Å². The van der Waals surface area contributed by atoms with E-state index in [-0.39, 0.29) is 53.0 Å². The Balaban J connectivity index is 1.12. The monoisotopic (exact) mass is 602 g/mol. The first-order valence-corrected chi connectivity index (χ1v) is 15.5. The van der Waals surface area contributed by atoms with Gasteiger partial charge in [0.25, 0.3) is 11.8 Å². The average Bonchev–Trinajstić information content (AvgIpc) is 3.34. The quantitative estimate of drug-likeness (QED) is 0.500. The number of imide groups is 2. The first-order valence-electron chi connectivity index (χ1n) is 15.5. The van der Waals surface area contributed by atoms with Gasteiger partial charge >= 0.3 is 0 Å². The van der Waals surface area contributed by atoms with Gasteiger partial charge in [0, 0.05) is 38.1 Å². The molecule has 0 saturated carbocycles. The third-order valence-corrected chi connectivity index (χ3v) is 10.2. The third-order valence-electron chi connectivity index (χ3n) is 10.2. The van der Waals surface area contributed by atoms with Gasteiger partial charge < -0.3 is 4.90 Å². The number of piperidine rings is 1. The highest BCUT2D eigenvalue weighted by molar-refractivity contribution is 6.23. The molecule has 3 fully saturated rings. The minimum atomic E-state index is -1.09. The lowest BCUT2D eigenvalue weighted by atomic mass is 9.72. The number of carbonyl (C=O) groups excluding carboxylic acids is 4. The topological polar surface area (TPSA) is 90.0 Å². The summed E-state index contributed by atoms with van der Waals surface area (Å²) in [5, 5.41) is 2.19. The number of fused-ring (bicyclic) bond motifs is 3. The van der Waals surface area contributed by atoms with Crippen LogP contribution in [-0.2, 0) is 9.59 Å². The Kier molecular flexibility index (Phi) is 6.95. The highest BCUT2D eigenvalue weighted by atomic mass is 19.1. The summed E-state index contributed by atoms with van der Waals surface area (Å²) in [6.45, 7) is 6.57. The van der Waals surface area contributed by atoms with Crippen molar-refractivity contribution in [2.75, 3.05) is 24.5 Å². The summed E-state index contributed by atoms with van der Waals surface area (Å²) < 4.78 is 29.3. The number of piperazine rings is 1. The molecule has 2 bridgehead atoms. The van der Waals surface area contributed by atoms with Crippen molar-refractivity contribution in [1.29, 1.82) is 0 Å². The standard InChI is InChI=1S/C34H36F2N4O4/c1-34(2)12-11-20(26(15-34)19-3-5-21(35)6-4-19)16-39-22-7-8-23(39)18-38(17-22)29-14-25-24(13-27(29)36)32(43)40(33(25)44)28-9-10-30(41)37-31(28)42/h3-6,13-14,22-23,28H,7-12,15-18H2,1-2H3,(H,37,41,42). The van der Waals surface area contributed by atoms with Crippen LogP contribution >= 0.6 is 0 Å². The molecule has 3 atom stereocenters. The number of allylic oxidation sites excluding steroid dienone is 1. The minimum Gasteiger partial charge on any atom is -0.366 e. The van der Waals surface area contributed by atoms with Gasteiger partial charge in [0.1, 0.15) is 17.7 Å². The SMILES string of the molecule is CC1(C)CCC(CN2C3CCC2CN(c2cc4c(cc2F)C(=O)N(C2CCC(=O)NC2=O)C4=O)C3)=C(c2ccc(F)cc2)C1. The van der Waals surface area contributed by atoms with Crippen molar-refractivity contribution in [1.82, 2.24) is 15.1 Å². The zero-order chi connectivity index (χ0) is 30.9. The number of hydrogen-bond donors (Lipinski definition) is 1. The molecule has 2 aromatic carbocycles. The summed E-state index contributed by atoms with van der Waals surface area (Å²) in [5.41, 5.74) is 4.26. The molecule has 10 heteroatoms. The molecule has 1 aliphatic carbocycles. The molecule has 2 aromatic rings. The van der Waals surface area contributed by atoms with E-state index in [1.807, 2.05) is 17.0 Å². The van der Waals surface area contributed by atoms with Crippen LogP contribution in [0.25, 0.3) is 5.57 Å². The second-order valence-corrected chi connectivity index (χ2v) is 13.7. The van der Waals surface area contributed by atoms with E-state index in [2.05, 4.69) is 24.1 Å². The summed E-state index contributed by atoms with van der Waals surface area (Å²) in [7, 11) is 0. The number of halogens is 2. The fourth-order valence-electron chi connectivity index (χ4n) is 7.85. The molecule has 8 nitrogen and oxygen atoms in total. The zero-order valence-electron chi connectivity index (χ0n) is 25.0. The van der Waals surface area contributed by atoms with E-state index in [9.17, 15) is 23.6 Å². The Morgan fingerprint density at radius 2 is 1.55 bits per heavy atom. The number of amides is 4. The van der Waals surface area contributed by atoms with Crippen LogP contribution in [0.1, 0.15) is 85.1 Å². The van der Waals surface area contributed by atoms with Crippen molar-refractivity contribution >= 4 is 34.9 Å². The van der Waals surface area contributed by atoms with E-state index in [1.54, 1.807) is 0 Å². The van der Waals surface area contributed by atoms with E-state index >= 15 is 4.39 Å². The Bertz CT molecular complexity index is 1600. The minimum absolute atomic E-state index is 0.0243. The number of nitrogens with one attached hydrogen (secondary N) is 1. The molecule has 3 unspecified atom stereocenters. The van der Waals surface area contributed by atoms with E-state index < -0.39 is 35.5 Å². The number of rotatable bonds is 5. The molecule has 0 aromatic heterocycles. The molecule has 1 N–H and O–H groups in total. The first kappa shape index (κ1) is 28.8. The van der Waals surface area contributed by atoms with Gasteiger partial charge in [0.15, 0.2) is 0 Å². The first-order chi connectivity index (χ1) is 21.0. The predicted octanol–water partition coefficient (Wildman–Crippen LogP) is 4.68. The van der Waals surface area contributed by atoms with Crippen LogP contribution in [0.3, 0.4) is 0 Å². The maximum absolute atomic E-state index is 15.6. The lowest BCUT2D eigenvalue weighted by Gasteiger charge is -2.44. The molecule has 0 radical (unpaired) electrons. The maximum atomic E-state index is 15.6. The average molecular weight is 603 g/mol. The molecule has 44 heavy (non-hydrogen) atoms. The number of anilines is 1. The van der Waals surface area contributed by atoms with Crippen molar-refractivity contribution < 1.29 is 28.0 Å². The van der Waals surface area contributed by atoms with Gasteiger partial charge in [-0.1, -0.05) is 31.6 Å². The van der Waals surface area contributed by atoms with Crippen molar-refractivity contribution in [3.05, 3.63) is 70.3 Å². The van der Waals surface area contributed by atoms with Gasteiger partial charge in [0.05, 0.1) is 16.8 Å². The summed E-state index contributed by atoms with van der Waals surface area (Å²) in [4.78, 5) is 55.9. The Morgan fingerprint density at radius 1 is 0.886 bits per heavy atom. The summed E-state index contributed by atoms with van der Waals surface area (Å²) >= 11 is 0. The van der Waals surface area contributed by atoms with Crippen molar-refractivity contribution in [2.24, 2.45) is 5.41 Å². The normalized spacial score (nSPS) is 26.9. The van der Waals surface area contributed by atoms with Crippen LogP contribution in [0, 0.1) is 17.0 Å². The molecular formula is C34H36F2N4O4. The summed E-state index contributed by atoms with van der Waals surface area (Å²) in [6, 6.07) is 8.70. The molecule has 4 amide bonds.